The second kappa shape index (κ2) is 3.86. The van der Waals surface area contributed by atoms with Gasteiger partial charge in [0.25, 0.3) is 0 Å². The second-order valence-electron chi connectivity index (χ2n) is 3.62. The van der Waals surface area contributed by atoms with Crippen LogP contribution in [0.3, 0.4) is 0 Å². The maximum atomic E-state index is 13.2. The highest BCUT2D eigenvalue weighted by molar-refractivity contribution is 7.71. The Morgan fingerprint density at radius 1 is 1.67 bits per heavy atom. The van der Waals surface area contributed by atoms with E-state index in [2.05, 4.69) is 17.2 Å². The van der Waals surface area contributed by atoms with Crippen LogP contribution in [0.4, 0.5) is 4.39 Å². The van der Waals surface area contributed by atoms with E-state index in [1.165, 1.54) is 4.57 Å². The summed E-state index contributed by atoms with van der Waals surface area (Å²) in [6.45, 7) is 1.92. The molecule has 0 amide bonds. The van der Waals surface area contributed by atoms with Crippen LogP contribution in [0.1, 0.15) is 26.0 Å². The lowest BCUT2D eigenvalue weighted by atomic mass is 10.2. The van der Waals surface area contributed by atoms with Gasteiger partial charge in [-0.1, -0.05) is 12.2 Å². The van der Waals surface area contributed by atoms with Crippen LogP contribution in [0.15, 0.2) is 11.0 Å². The van der Waals surface area contributed by atoms with Crippen LogP contribution in [-0.4, -0.2) is 15.7 Å². The van der Waals surface area contributed by atoms with Gasteiger partial charge in [0.05, 0.1) is 12.3 Å². The summed E-state index contributed by atoms with van der Waals surface area (Å²) in [6, 6.07) is 0. The number of aromatic nitrogens is 2. The van der Waals surface area contributed by atoms with Crippen molar-refractivity contribution in [2.45, 2.75) is 32.1 Å². The molecule has 0 radical (unpaired) electrons. The molecule has 0 bridgehead atoms. The summed E-state index contributed by atoms with van der Waals surface area (Å²) in [5.74, 6) is -0.604. The molecule has 2 unspecified atom stereocenters. The molecular weight excluding hydrogens is 219 g/mol. The molecule has 4 nitrogen and oxygen atoms in total. The normalized spacial score (nSPS) is 25.7. The number of ether oxygens (including phenoxy) is 1. The molecule has 0 spiro atoms. The highest BCUT2D eigenvalue weighted by atomic mass is 32.1. The van der Waals surface area contributed by atoms with E-state index < -0.39 is 11.5 Å². The Morgan fingerprint density at radius 2 is 2.40 bits per heavy atom. The van der Waals surface area contributed by atoms with Gasteiger partial charge < -0.3 is 4.74 Å². The van der Waals surface area contributed by atoms with Crippen LogP contribution < -0.4 is 5.69 Å². The quantitative estimate of drug-likeness (QED) is 0.747. The first-order valence-electron chi connectivity index (χ1n) is 4.74. The third kappa shape index (κ3) is 2.00. The number of nitrogens with zero attached hydrogens (tertiary/aromatic N) is 1. The summed E-state index contributed by atoms with van der Waals surface area (Å²) < 4.78 is 19.7. The SMILES string of the molecule is CC1CCC(n2cc(F)c(=S)[nH]c2=O)O1. The summed E-state index contributed by atoms with van der Waals surface area (Å²) >= 11 is 4.61. The molecule has 1 saturated heterocycles. The zero-order chi connectivity index (χ0) is 11.0. The molecule has 0 aliphatic carbocycles. The van der Waals surface area contributed by atoms with Crippen LogP contribution in [0.5, 0.6) is 0 Å². The van der Waals surface area contributed by atoms with Crippen molar-refractivity contribution in [2.24, 2.45) is 0 Å². The fourth-order valence-electron chi connectivity index (χ4n) is 1.66. The molecule has 1 fully saturated rings. The Labute approximate surface area is 90.7 Å². The molecule has 1 N–H and O–H groups in total. The van der Waals surface area contributed by atoms with Crippen molar-refractivity contribution in [3.63, 3.8) is 0 Å². The maximum Gasteiger partial charge on any atom is 0.328 e. The average Bonchev–Trinajstić information content (AvgIpc) is 2.58. The standard InChI is InChI=1S/C9H11FN2O2S/c1-5-2-3-7(14-5)12-4-6(10)8(15)11-9(12)13/h4-5,7H,2-3H2,1H3,(H,11,13,15). The summed E-state index contributed by atoms with van der Waals surface area (Å²) in [4.78, 5) is 13.7. The number of halogens is 1. The van der Waals surface area contributed by atoms with E-state index in [1.54, 1.807) is 0 Å². The van der Waals surface area contributed by atoms with E-state index >= 15 is 0 Å². The Bertz CT molecular complexity index is 482. The highest BCUT2D eigenvalue weighted by Crippen LogP contribution is 2.26. The van der Waals surface area contributed by atoms with E-state index in [4.69, 9.17) is 4.74 Å². The molecular formula is C9H11FN2O2S. The molecule has 1 aliphatic heterocycles. The Balaban J connectivity index is 2.41. The van der Waals surface area contributed by atoms with Gasteiger partial charge in [0.15, 0.2) is 5.82 Å². The summed E-state index contributed by atoms with van der Waals surface area (Å²) in [5.41, 5.74) is -0.430. The minimum atomic E-state index is -0.604. The molecule has 2 atom stereocenters. The van der Waals surface area contributed by atoms with Crippen molar-refractivity contribution in [3.05, 3.63) is 27.1 Å². The third-order valence-corrected chi connectivity index (χ3v) is 2.74. The lowest BCUT2D eigenvalue weighted by Crippen LogP contribution is -2.27. The Kier molecular flexibility index (Phi) is 2.70. The number of hydrogen-bond acceptors (Lipinski definition) is 3. The first kappa shape index (κ1) is 10.5. The molecule has 0 saturated carbocycles. The molecule has 6 heteroatoms. The van der Waals surface area contributed by atoms with Gasteiger partial charge in [0, 0.05) is 0 Å². The minimum absolute atomic E-state index is 0.105. The van der Waals surface area contributed by atoms with Gasteiger partial charge in [-0.2, -0.15) is 0 Å². The zero-order valence-electron chi connectivity index (χ0n) is 8.20. The average molecular weight is 230 g/mol. The lowest BCUT2D eigenvalue weighted by Gasteiger charge is -2.13. The predicted octanol–water partition coefficient (Wildman–Crippen LogP) is 1.74. The monoisotopic (exact) mass is 230 g/mol. The number of nitrogens with one attached hydrogen (secondary N) is 1. The second-order valence-corrected chi connectivity index (χ2v) is 4.03. The van der Waals surface area contributed by atoms with Crippen molar-refractivity contribution in [2.75, 3.05) is 0 Å². The fraction of sp³-hybridized carbons (Fsp3) is 0.556. The Morgan fingerprint density at radius 3 is 3.00 bits per heavy atom. The molecule has 82 valence electrons. The van der Waals surface area contributed by atoms with Gasteiger partial charge in [0.1, 0.15) is 10.9 Å². The van der Waals surface area contributed by atoms with Crippen molar-refractivity contribution in [1.82, 2.24) is 9.55 Å². The van der Waals surface area contributed by atoms with Gasteiger partial charge in [0.2, 0.25) is 0 Å². The molecule has 2 rings (SSSR count). The lowest BCUT2D eigenvalue weighted by molar-refractivity contribution is 0.00733. The van der Waals surface area contributed by atoms with Gasteiger partial charge in [-0.3, -0.25) is 9.55 Å². The number of aromatic amines is 1. The van der Waals surface area contributed by atoms with Crippen molar-refractivity contribution in [1.29, 1.82) is 0 Å². The van der Waals surface area contributed by atoms with Crippen LogP contribution in [0.25, 0.3) is 0 Å². The fourth-order valence-corrected chi connectivity index (χ4v) is 1.80. The smallest absolute Gasteiger partial charge is 0.328 e. The van der Waals surface area contributed by atoms with Crippen molar-refractivity contribution < 1.29 is 9.13 Å². The van der Waals surface area contributed by atoms with E-state index in [9.17, 15) is 9.18 Å². The zero-order valence-corrected chi connectivity index (χ0v) is 9.01. The maximum absolute atomic E-state index is 13.2. The minimum Gasteiger partial charge on any atom is -0.355 e. The molecule has 1 aliphatic rings. The molecule has 15 heavy (non-hydrogen) atoms. The van der Waals surface area contributed by atoms with E-state index in [0.717, 1.165) is 12.6 Å². The van der Waals surface area contributed by atoms with E-state index in [1.807, 2.05) is 6.92 Å². The first-order chi connectivity index (χ1) is 7.08. The van der Waals surface area contributed by atoms with Gasteiger partial charge in [-0.15, -0.1) is 0 Å². The predicted molar refractivity (Wildman–Crippen MR) is 54.7 cm³/mol. The summed E-state index contributed by atoms with van der Waals surface area (Å²) in [6.07, 6.45) is 2.41. The van der Waals surface area contributed by atoms with E-state index in [0.29, 0.717) is 6.42 Å². The molecule has 1 aromatic heterocycles. The summed E-state index contributed by atoms with van der Waals surface area (Å²) in [5, 5.41) is 0. The van der Waals surface area contributed by atoms with Crippen LogP contribution in [-0.2, 0) is 4.74 Å². The van der Waals surface area contributed by atoms with Gasteiger partial charge in [-0.05, 0) is 19.8 Å². The number of H-pyrrole nitrogens is 1. The number of rotatable bonds is 1. The highest BCUT2D eigenvalue weighted by Gasteiger charge is 2.24. The molecule has 1 aromatic rings. The van der Waals surface area contributed by atoms with Crippen LogP contribution in [0.2, 0.25) is 0 Å². The Hall–Kier alpha value is -1.01. The van der Waals surface area contributed by atoms with Gasteiger partial charge in [-0.25, -0.2) is 9.18 Å². The summed E-state index contributed by atoms with van der Waals surface area (Å²) in [7, 11) is 0. The number of hydrogen-bond donors (Lipinski definition) is 1. The van der Waals surface area contributed by atoms with Crippen LogP contribution >= 0.6 is 12.2 Å². The van der Waals surface area contributed by atoms with Crippen molar-refractivity contribution in [3.8, 4) is 0 Å². The molecule has 0 aromatic carbocycles. The van der Waals surface area contributed by atoms with Crippen molar-refractivity contribution >= 4 is 12.2 Å². The van der Waals surface area contributed by atoms with E-state index in [-0.39, 0.29) is 17.0 Å². The molecule has 2 heterocycles. The topological polar surface area (TPSA) is 47.0 Å². The first-order valence-corrected chi connectivity index (χ1v) is 5.15. The largest absolute Gasteiger partial charge is 0.355 e. The van der Waals surface area contributed by atoms with Crippen LogP contribution in [0, 0.1) is 10.5 Å². The third-order valence-electron chi connectivity index (χ3n) is 2.44. The van der Waals surface area contributed by atoms with Gasteiger partial charge >= 0.3 is 5.69 Å².